The highest BCUT2D eigenvalue weighted by Gasteiger charge is 2.35. The zero-order chi connectivity index (χ0) is 31.1. The van der Waals surface area contributed by atoms with Gasteiger partial charge in [-0.1, -0.05) is 84.0 Å². The topological polar surface area (TPSA) is 96.0 Å². The number of nitrogens with one attached hydrogen (secondary N) is 1. The third kappa shape index (κ3) is 8.56. The molecule has 0 saturated heterocycles. The number of carbonyl (C=O) groups excluding carboxylic acids is 2. The largest absolute Gasteiger partial charge is 0.495 e. The minimum Gasteiger partial charge on any atom is -0.495 e. The van der Waals surface area contributed by atoms with Crippen LogP contribution in [0.1, 0.15) is 36.8 Å². The van der Waals surface area contributed by atoms with Gasteiger partial charge in [-0.15, -0.1) is 0 Å². The first-order valence-electron chi connectivity index (χ1n) is 13.9. The van der Waals surface area contributed by atoms with Crippen LogP contribution in [0.25, 0.3) is 0 Å². The van der Waals surface area contributed by atoms with E-state index in [2.05, 4.69) is 5.32 Å². The summed E-state index contributed by atoms with van der Waals surface area (Å²) in [6.45, 7) is -0.709. The van der Waals surface area contributed by atoms with Gasteiger partial charge in [-0.25, -0.2) is 8.42 Å². The second-order valence-electron chi connectivity index (χ2n) is 10.5. The van der Waals surface area contributed by atoms with Crippen molar-refractivity contribution in [2.45, 2.75) is 50.7 Å². The number of carbonyl (C=O) groups is 2. The lowest BCUT2D eigenvalue weighted by atomic mass is 10.0. The van der Waals surface area contributed by atoms with Gasteiger partial charge >= 0.3 is 0 Å². The molecule has 43 heavy (non-hydrogen) atoms. The van der Waals surface area contributed by atoms with E-state index in [4.69, 9.17) is 39.5 Å². The summed E-state index contributed by atoms with van der Waals surface area (Å²) in [5.41, 5.74) is 1.45. The molecule has 0 spiro atoms. The van der Waals surface area contributed by atoms with E-state index < -0.39 is 28.5 Å². The van der Waals surface area contributed by atoms with Crippen LogP contribution in [0.4, 0.5) is 5.69 Å². The van der Waals surface area contributed by atoms with E-state index in [0.717, 1.165) is 41.8 Å². The first-order chi connectivity index (χ1) is 20.5. The number of methoxy groups -OCH3 is 1. The van der Waals surface area contributed by atoms with Crippen molar-refractivity contribution >= 4 is 62.3 Å². The molecule has 1 saturated carbocycles. The number of sulfonamides is 1. The van der Waals surface area contributed by atoms with E-state index in [9.17, 15) is 18.0 Å². The van der Waals surface area contributed by atoms with Gasteiger partial charge in [0.25, 0.3) is 0 Å². The smallest absolute Gasteiger partial charge is 0.244 e. The Balaban J connectivity index is 1.77. The number of benzene rings is 3. The van der Waals surface area contributed by atoms with E-state index in [1.54, 1.807) is 18.2 Å². The second kappa shape index (κ2) is 14.7. The highest BCUT2D eigenvalue weighted by molar-refractivity contribution is 7.92. The molecule has 1 unspecified atom stereocenters. The molecule has 0 aliphatic heterocycles. The normalized spacial score (nSPS) is 14.3. The number of halogens is 3. The van der Waals surface area contributed by atoms with E-state index in [-0.39, 0.29) is 35.6 Å². The van der Waals surface area contributed by atoms with Crippen molar-refractivity contribution < 1.29 is 22.7 Å². The van der Waals surface area contributed by atoms with Crippen molar-refractivity contribution in [2.75, 3.05) is 24.2 Å². The van der Waals surface area contributed by atoms with Gasteiger partial charge in [-0.05, 0) is 48.7 Å². The number of ether oxygens (including phenoxy) is 1. The number of anilines is 1. The van der Waals surface area contributed by atoms with Crippen molar-refractivity contribution in [3.63, 3.8) is 0 Å². The fourth-order valence-electron chi connectivity index (χ4n) is 5.20. The van der Waals surface area contributed by atoms with E-state index >= 15 is 0 Å². The lowest BCUT2D eigenvalue weighted by Crippen LogP contribution is -2.54. The second-order valence-corrected chi connectivity index (χ2v) is 13.6. The summed E-state index contributed by atoms with van der Waals surface area (Å²) in [5.74, 6) is -0.590. The molecule has 1 atom stereocenters. The molecule has 1 aliphatic carbocycles. The summed E-state index contributed by atoms with van der Waals surface area (Å²) < 4.78 is 32.2. The van der Waals surface area contributed by atoms with Crippen molar-refractivity contribution in [2.24, 2.45) is 0 Å². The van der Waals surface area contributed by atoms with Crippen LogP contribution in [0.3, 0.4) is 0 Å². The van der Waals surface area contributed by atoms with Crippen molar-refractivity contribution in [1.82, 2.24) is 10.2 Å². The lowest BCUT2D eigenvalue weighted by molar-refractivity contribution is -0.140. The van der Waals surface area contributed by atoms with Crippen molar-refractivity contribution in [1.29, 1.82) is 0 Å². The average molecular weight is 667 g/mol. The van der Waals surface area contributed by atoms with Crippen molar-refractivity contribution in [3.05, 3.63) is 92.9 Å². The quantitative estimate of drug-likeness (QED) is 0.251. The van der Waals surface area contributed by atoms with Gasteiger partial charge in [-0.2, -0.15) is 0 Å². The molecule has 0 radical (unpaired) electrons. The zero-order valence-electron chi connectivity index (χ0n) is 23.9. The fraction of sp³-hybridized carbons (Fsp3) is 0.355. The molecule has 3 aromatic carbocycles. The van der Waals surface area contributed by atoms with E-state index in [0.29, 0.717) is 21.4 Å². The number of hydrogen-bond donors (Lipinski definition) is 1. The Bertz CT molecular complexity index is 1530. The van der Waals surface area contributed by atoms with E-state index in [1.165, 1.54) is 30.2 Å². The fourth-order valence-corrected chi connectivity index (χ4v) is 6.81. The molecular weight excluding hydrogens is 633 g/mol. The van der Waals surface area contributed by atoms with Crippen LogP contribution in [-0.4, -0.2) is 57.1 Å². The van der Waals surface area contributed by atoms with Crippen LogP contribution >= 0.6 is 34.8 Å². The summed E-state index contributed by atoms with van der Waals surface area (Å²) in [7, 11) is -2.52. The molecule has 230 valence electrons. The molecule has 0 aromatic heterocycles. The molecule has 0 heterocycles. The molecular formula is C31H34Cl3N3O5S. The monoisotopic (exact) mass is 665 g/mol. The van der Waals surface area contributed by atoms with Crippen LogP contribution in [0.2, 0.25) is 15.1 Å². The van der Waals surface area contributed by atoms with Gasteiger partial charge in [0.15, 0.2) is 0 Å². The summed E-state index contributed by atoms with van der Waals surface area (Å²) in [4.78, 5) is 29.6. The maximum Gasteiger partial charge on any atom is 0.244 e. The predicted molar refractivity (Wildman–Crippen MR) is 172 cm³/mol. The highest BCUT2D eigenvalue weighted by Crippen LogP contribution is 2.31. The summed E-state index contributed by atoms with van der Waals surface area (Å²) >= 11 is 19.4. The molecule has 2 amide bonds. The molecule has 1 aliphatic rings. The Morgan fingerprint density at radius 1 is 0.953 bits per heavy atom. The van der Waals surface area contributed by atoms with Gasteiger partial charge < -0.3 is 15.0 Å². The Labute approximate surface area is 267 Å². The summed E-state index contributed by atoms with van der Waals surface area (Å²) in [6.07, 6.45) is 4.94. The van der Waals surface area contributed by atoms with E-state index in [1.807, 2.05) is 30.3 Å². The van der Waals surface area contributed by atoms with Gasteiger partial charge in [0.2, 0.25) is 21.8 Å². The molecule has 8 nitrogen and oxygen atoms in total. The Morgan fingerprint density at radius 3 is 2.19 bits per heavy atom. The minimum absolute atomic E-state index is 0.000542. The van der Waals surface area contributed by atoms with Crippen LogP contribution in [0.15, 0.2) is 66.7 Å². The first kappa shape index (κ1) is 32.9. The average Bonchev–Trinajstić information content (AvgIpc) is 3.47. The number of rotatable bonds is 12. The van der Waals surface area contributed by atoms with Crippen LogP contribution in [0.5, 0.6) is 5.75 Å². The third-order valence-electron chi connectivity index (χ3n) is 7.47. The van der Waals surface area contributed by atoms with Gasteiger partial charge in [-0.3, -0.25) is 13.9 Å². The standard InChI is InChI=1S/C31H34Cl3N3O5S/c1-42-29-16-15-23(18-27(29)34)37(43(2,40)41)20-30(38)36(19-24-25(32)13-8-14-26(24)33)28(17-21-9-4-3-5-10-21)31(39)35-22-11-6-7-12-22/h3-5,8-10,13-16,18,22,28H,6-7,11-12,17,19-20H2,1-2H3,(H,35,39). The van der Waals surface area contributed by atoms with Crippen LogP contribution in [-0.2, 0) is 32.6 Å². The molecule has 12 heteroatoms. The minimum atomic E-state index is -3.96. The van der Waals surface area contributed by atoms with Crippen LogP contribution < -0.4 is 14.4 Å². The summed E-state index contributed by atoms with van der Waals surface area (Å²) in [6, 6.07) is 17.8. The lowest BCUT2D eigenvalue weighted by Gasteiger charge is -2.34. The van der Waals surface area contributed by atoms with Gasteiger partial charge in [0.05, 0.1) is 24.1 Å². The van der Waals surface area contributed by atoms with Crippen LogP contribution in [0, 0.1) is 0 Å². The molecule has 3 aromatic rings. The zero-order valence-corrected chi connectivity index (χ0v) is 27.0. The Hall–Kier alpha value is -2.98. The van der Waals surface area contributed by atoms with Gasteiger partial charge in [0.1, 0.15) is 18.3 Å². The van der Waals surface area contributed by atoms with Crippen molar-refractivity contribution in [3.8, 4) is 5.75 Å². The Kier molecular flexibility index (Phi) is 11.2. The first-order valence-corrected chi connectivity index (χ1v) is 16.8. The third-order valence-corrected chi connectivity index (χ3v) is 9.61. The predicted octanol–water partition coefficient (Wildman–Crippen LogP) is 6.12. The number of nitrogens with zero attached hydrogens (tertiary/aromatic N) is 2. The molecule has 1 fully saturated rings. The SMILES string of the molecule is COc1ccc(N(CC(=O)N(Cc2c(Cl)cccc2Cl)C(Cc2ccccc2)C(=O)NC2CCCC2)S(C)(=O)=O)cc1Cl. The molecule has 0 bridgehead atoms. The summed E-state index contributed by atoms with van der Waals surface area (Å²) in [5, 5.41) is 3.94. The molecule has 1 N–H and O–H groups in total. The highest BCUT2D eigenvalue weighted by atomic mass is 35.5. The molecule has 4 rings (SSSR count). The van der Waals surface area contributed by atoms with Gasteiger partial charge in [0, 0.05) is 34.6 Å². The maximum absolute atomic E-state index is 14.3. The number of amides is 2. The Morgan fingerprint density at radius 2 is 1.60 bits per heavy atom. The number of hydrogen-bond acceptors (Lipinski definition) is 5. The maximum atomic E-state index is 14.3.